The fraction of sp³-hybridized carbons (Fsp3) is 0.250. The zero-order valence-corrected chi connectivity index (χ0v) is 12.0. The summed E-state index contributed by atoms with van der Waals surface area (Å²) in [6, 6.07) is 13.4. The zero-order chi connectivity index (χ0) is 14.5. The van der Waals surface area contributed by atoms with Gasteiger partial charge in [0, 0.05) is 32.2 Å². The molecule has 0 bridgehead atoms. The maximum Gasteiger partial charge on any atom is 0.324 e. The van der Waals surface area contributed by atoms with Gasteiger partial charge in [-0.15, -0.1) is 0 Å². The molecule has 0 radical (unpaired) electrons. The lowest BCUT2D eigenvalue weighted by atomic mass is 10.1. The van der Waals surface area contributed by atoms with Crippen molar-refractivity contribution in [2.75, 3.05) is 19.0 Å². The zero-order valence-electron chi connectivity index (χ0n) is 12.0. The van der Waals surface area contributed by atoms with Crippen LogP contribution in [0.4, 0.5) is 10.5 Å². The highest BCUT2D eigenvalue weighted by Gasteiger charge is 2.24. The monoisotopic (exact) mass is 269 g/mol. The third-order valence-electron chi connectivity index (χ3n) is 3.18. The predicted octanol–water partition coefficient (Wildman–Crippen LogP) is 3.33. The maximum atomic E-state index is 12.5. The molecule has 20 heavy (non-hydrogen) atoms. The van der Waals surface area contributed by atoms with Crippen LogP contribution in [0.15, 0.2) is 54.9 Å². The number of carbonyl (C=O) groups excluding carboxylic acids is 1. The summed E-state index contributed by atoms with van der Waals surface area (Å²) in [7, 11) is 3.52. The van der Waals surface area contributed by atoms with Crippen LogP contribution in [-0.2, 0) is 0 Å². The highest BCUT2D eigenvalue weighted by Crippen LogP contribution is 2.27. The normalized spacial score (nSPS) is 11.8. The summed E-state index contributed by atoms with van der Waals surface area (Å²) in [6.45, 7) is 2.01. The molecule has 2 aromatic rings. The van der Waals surface area contributed by atoms with Crippen LogP contribution in [0.5, 0.6) is 0 Å². The number of aromatic nitrogens is 1. The molecule has 4 nitrogen and oxygen atoms in total. The van der Waals surface area contributed by atoms with Crippen LogP contribution < -0.4 is 4.90 Å². The predicted molar refractivity (Wildman–Crippen MR) is 80.7 cm³/mol. The van der Waals surface area contributed by atoms with Gasteiger partial charge in [-0.25, -0.2) is 4.79 Å². The topological polar surface area (TPSA) is 36.4 Å². The maximum absolute atomic E-state index is 12.5. The molecule has 0 saturated carbocycles. The second-order valence-corrected chi connectivity index (χ2v) is 4.84. The van der Waals surface area contributed by atoms with Crippen LogP contribution >= 0.6 is 0 Å². The van der Waals surface area contributed by atoms with Gasteiger partial charge in [-0.2, -0.15) is 0 Å². The molecular formula is C16H19N3O. The Bertz CT molecular complexity index is 554. The minimum atomic E-state index is -0.0824. The first-order valence-corrected chi connectivity index (χ1v) is 6.56. The van der Waals surface area contributed by atoms with E-state index in [0.717, 1.165) is 11.3 Å². The van der Waals surface area contributed by atoms with E-state index in [9.17, 15) is 4.79 Å². The Morgan fingerprint density at radius 3 is 2.35 bits per heavy atom. The number of amides is 2. The van der Waals surface area contributed by atoms with Crippen LogP contribution in [0.3, 0.4) is 0 Å². The Kier molecular flexibility index (Phi) is 4.35. The number of para-hydroxylation sites is 1. The number of rotatable bonds is 3. The first-order valence-electron chi connectivity index (χ1n) is 6.56. The highest BCUT2D eigenvalue weighted by molar-refractivity contribution is 5.92. The smallest absolute Gasteiger partial charge is 0.324 e. The molecule has 4 heteroatoms. The Morgan fingerprint density at radius 1 is 1.10 bits per heavy atom. The number of benzene rings is 1. The molecular weight excluding hydrogens is 250 g/mol. The summed E-state index contributed by atoms with van der Waals surface area (Å²) < 4.78 is 0. The number of nitrogens with zero attached hydrogens (tertiary/aromatic N) is 3. The van der Waals surface area contributed by atoms with Crippen molar-refractivity contribution in [2.24, 2.45) is 0 Å². The minimum Gasteiger partial charge on any atom is -0.330 e. The van der Waals surface area contributed by atoms with Crippen molar-refractivity contribution in [1.29, 1.82) is 0 Å². The van der Waals surface area contributed by atoms with E-state index in [-0.39, 0.29) is 12.1 Å². The SMILES string of the molecule is CC(c1cccnc1)N(C(=O)N(C)C)c1ccccc1. The van der Waals surface area contributed by atoms with Crippen molar-refractivity contribution >= 4 is 11.7 Å². The molecule has 0 fully saturated rings. The fourth-order valence-electron chi connectivity index (χ4n) is 2.08. The van der Waals surface area contributed by atoms with Gasteiger partial charge < -0.3 is 4.90 Å². The molecule has 0 aliphatic rings. The van der Waals surface area contributed by atoms with Gasteiger partial charge in [0.25, 0.3) is 0 Å². The number of pyridine rings is 1. The second kappa shape index (κ2) is 6.19. The summed E-state index contributed by atoms with van der Waals surface area (Å²) in [6.07, 6.45) is 3.53. The lowest BCUT2D eigenvalue weighted by molar-refractivity contribution is 0.221. The van der Waals surface area contributed by atoms with Crippen molar-refractivity contribution in [1.82, 2.24) is 9.88 Å². The van der Waals surface area contributed by atoms with E-state index >= 15 is 0 Å². The molecule has 1 unspecified atom stereocenters. The van der Waals surface area contributed by atoms with Crippen LogP contribution in [0, 0.1) is 0 Å². The van der Waals surface area contributed by atoms with E-state index in [4.69, 9.17) is 0 Å². The Balaban J connectivity index is 2.40. The molecule has 2 amide bonds. The van der Waals surface area contributed by atoms with Gasteiger partial charge in [-0.05, 0) is 30.7 Å². The second-order valence-electron chi connectivity index (χ2n) is 4.84. The molecule has 0 saturated heterocycles. The molecule has 1 aromatic carbocycles. The standard InChI is InChI=1S/C16H19N3O/c1-13(14-8-7-11-17-12-14)19(16(20)18(2)3)15-9-5-4-6-10-15/h4-13H,1-3H3. The van der Waals surface area contributed by atoms with Crippen molar-refractivity contribution in [3.8, 4) is 0 Å². The first-order chi connectivity index (χ1) is 9.61. The summed E-state index contributed by atoms with van der Waals surface area (Å²) in [4.78, 5) is 20.0. The molecule has 0 aliphatic carbocycles. The van der Waals surface area contributed by atoms with Crippen molar-refractivity contribution in [3.63, 3.8) is 0 Å². The molecule has 1 aromatic heterocycles. The van der Waals surface area contributed by atoms with E-state index < -0.39 is 0 Å². The summed E-state index contributed by atoms with van der Waals surface area (Å²) in [5.41, 5.74) is 1.88. The fourth-order valence-corrected chi connectivity index (χ4v) is 2.08. The van der Waals surface area contributed by atoms with Gasteiger partial charge in [0.2, 0.25) is 0 Å². The lowest BCUT2D eigenvalue weighted by Crippen LogP contribution is -2.41. The largest absolute Gasteiger partial charge is 0.330 e. The van der Waals surface area contributed by atoms with E-state index in [1.165, 1.54) is 0 Å². The summed E-state index contributed by atoms with van der Waals surface area (Å²) in [5.74, 6) is 0. The lowest BCUT2D eigenvalue weighted by Gasteiger charge is -2.31. The highest BCUT2D eigenvalue weighted by atomic mass is 16.2. The Hall–Kier alpha value is -2.36. The third kappa shape index (κ3) is 2.96. The number of hydrogen-bond acceptors (Lipinski definition) is 2. The molecule has 1 heterocycles. The van der Waals surface area contributed by atoms with E-state index in [1.807, 2.05) is 49.4 Å². The van der Waals surface area contributed by atoms with Gasteiger partial charge in [0.1, 0.15) is 0 Å². The van der Waals surface area contributed by atoms with E-state index in [1.54, 1.807) is 36.3 Å². The molecule has 0 N–H and O–H groups in total. The molecule has 0 aliphatic heterocycles. The van der Waals surface area contributed by atoms with Gasteiger partial charge in [-0.1, -0.05) is 24.3 Å². The average Bonchev–Trinajstić information content (AvgIpc) is 2.49. The van der Waals surface area contributed by atoms with Crippen LogP contribution in [0.2, 0.25) is 0 Å². The Morgan fingerprint density at radius 2 is 1.80 bits per heavy atom. The quantitative estimate of drug-likeness (QED) is 0.857. The number of carbonyl (C=O) groups is 1. The molecule has 2 rings (SSSR count). The van der Waals surface area contributed by atoms with Crippen LogP contribution in [0.1, 0.15) is 18.5 Å². The van der Waals surface area contributed by atoms with E-state index in [2.05, 4.69) is 4.98 Å². The number of anilines is 1. The van der Waals surface area contributed by atoms with Gasteiger partial charge in [0.05, 0.1) is 6.04 Å². The average molecular weight is 269 g/mol. The van der Waals surface area contributed by atoms with Crippen molar-refractivity contribution < 1.29 is 4.79 Å². The number of hydrogen-bond donors (Lipinski definition) is 0. The van der Waals surface area contributed by atoms with E-state index in [0.29, 0.717) is 0 Å². The summed E-state index contributed by atoms with van der Waals surface area (Å²) in [5, 5.41) is 0. The molecule has 104 valence electrons. The van der Waals surface area contributed by atoms with Gasteiger partial charge in [-0.3, -0.25) is 9.88 Å². The van der Waals surface area contributed by atoms with Crippen LogP contribution in [0.25, 0.3) is 0 Å². The summed E-state index contributed by atoms with van der Waals surface area (Å²) >= 11 is 0. The van der Waals surface area contributed by atoms with Crippen molar-refractivity contribution in [2.45, 2.75) is 13.0 Å². The molecule has 1 atom stereocenters. The number of urea groups is 1. The van der Waals surface area contributed by atoms with Crippen LogP contribution in [-0.4, -0.2) is 30.0 Å². The minimum absolute atomic E-state index is 0.0486. The third-order valence-corrected chi connectivity index (χ3v) is 3.18. The molecule has 0 spiro atoms. The van der Waals surface area contributed by atoms with Gasteiger partial charge >= 0.3 is 6.03 Å². The van der Waals surface area contributed by atoms with Crippen molar-refractivity contribution in [3.05, 3.63) is 60.4 Å². The first kappa shape index (κ1) is 14.1. The van der Waals surface area contributed by atoms with Gasteiger partial charge in [0.15, 0.2) is 0 Å². The Labute approximate surface area is 119 Å².